The van der Waals surface area contributed by atoms with Gasteiger partial charge in [-0.1, -0.05) is 31.5 Å². The smallest absolute Gasteiger partial charge is 0.241 e. The number of anilines is 1. The van der Waals surface area contributed by atoms with Crippen molar-refractivity contribution < 1.29 is 9.90 Å². The van der Waals surface area contributed by atoms with Gasteiger partial charge in [-0.25, -0.2) is 0 Å². The molecule has 21 heavy (non-hydrogen) atoms. The van der Waals surface area contributed by atoms with Crippen LogP contribution in [-0.4, -0.2) is 41.7 Å². The van der Waals surface area contributed by atoms with Gasteiger partial charge in [-0.3, -0.25) is 4.79 Å². The van der Waals surface area contributed by atoms with Crippen LogP contribution in [0, 0.1) is 5.41 Å². The van der Waals surface area contributed by atoms with E-state index in [0.717, 1.165) is 12.1 Å². The number of benzene rings is 1. The molecule has 0 radical (unpaired) electrons. The topological polar surface area (TPSA) is 52.6 Å². The van der Waals surface area contributed by atoms with Crippen LogP contribution in [0.4, 0.5) is 5.69 Å². The molecule has 0 bridgehead atoms. The average molecular weight is 311 g/mol. The van der Waals surface area contributed by atoms with Gasteiger partial charge in [0, 0.05) is 23.8 Å². The van der Waals surface area contributed by atoms with Gasteiger partial charge in [0.2, 0.25) is 5.91 Å². The summed E-state index contributed by atoms with van der Waals surface area (Å²) in [6.45, 7) is 5.71. The molecule has 1 heterocycles. The first-order chi connectivity index (χ1) is 9.85. The first-order valence-corrected chi connectivity index (χ1v) is 7.69. The van der Waals surface area contributed by atoms with Crippen molar-refractivity contribution in [3.8, 4) is 0 Å². The molecule has 1 aliphatic rings. The van der Waals surface area contributed by atoms with Gasteiger partial charge in [0.15, 0.2) is 0 Å². The van der Waals surface area contributed by atoms with Crippen LogP contribution in [0.1, 0.15) is 26.7 Å². The highest BCUT2D eigenvalue weighted by Gasteiger charge is 2.30. The van der Waals surface area contributed by atoms with Crippen molar-refractivity contribution in [3.63, 3.8) is 0 Å². The lowest BCUT2D eigenvalue weighted by Crippen LogP contribution is -2.40. The highest BCUT2D eigenvalue weighted by molar-refractivity contribution is 6.30. The maximum atomic E-state index is 12.4. The van der Waals surface area contributed by atoms with Gasteiger partial charge in [-0.05, 0) is 36.5 Å². The summed E-state index contributed by atoms with van der Waals surface area (Å²) in [6, 6.07) is 7.33. The minimum absolute atomic E-state index is 0.0529. The second kappa shape index (κ2) is 6.67. The number of rotatable bonds is 3. The van der Waals surface area contributed by atoms with E-state index in [1.165, 1.54) is 0 Å². The Balaban J connectivity index is 1.93. The number of nitrogens with zero attached hydrogens (tertiary/aromatic N) is 1. The molecular formula is C16H23ClN2O2. The molecule has 1 atom stereocenters. The predicted molar refractivity (Wildman–Crippen MR) is 85.5 cm³/mol. The van der Waals surface area contributed by atoms with Crippen molar-refractivity contribution in [3.05, 3.63) is 29.3 Å². The molecule has 0 saturated carbocycles. The average Bonchev–Trinajstić information content (AvgIpc) is 2.53. The fraction of sp³-hybridized carbons (Fsp3) is 0.562. The molecule has 1 aromatic carbocycles. The zero-order chi connectivity index (χ0) is 15.5. The van der Waals surface area contributed by atoms with E-state index in [9.17, 15) is 9.90 Å². The number of hydrogen-bond acceptors (Lipinski definition) is 3. The van der Waals surface area contributed by atoms with Gasteiger partial charge < -0.3 is 15.3 Å². The van der Waals surface area contributed by atoms with Gasteiger partial charge in [0.25, 0.3) is 0 Å². The zero-order valence-electron chi connectivity index (χ0n) is 12.6. The second-order valence-corrected chi connectivity index (χ2v) is 6.93. The molecule has 0 aliphatic carbocycles. The maximum Gasteiger partial charge on any atom is 0.241 e. The molecule has 4 nitrogen and oxygen atoms in total. The summed E-state index contributed by atoms with van der Waals surface area (Å²) in [6.07, 6.45) is 1.06. The lowest BCUT2D eigenvalue weighted by atomic mass is 9.87. The van der Waals surface area contributed by atoms with Crippen LogP contribution in [0.3, 0.4) is 0 Å². The van der Waals surface area contributed by atoms with E-state index in [1.807, 2.05) is 17.0 Å². The molecule has 1 amide bonds. The Kier molecular flexibility index (Phi) is 5.12. The van der Waals surface area contributed by atoms with Gasteiger partial charge in [0.1, 0.15) is 0 Å². The van der Waals surface area contributed by atoms with Crippen molar-refractivity contribution in [1.82, 2.24) is 4.90 Å². The Bertz CT molecular complexity index is 505. The summed E-state index contributed by atoms with van der Waals surface area (Å²) in [5.74, 6) is 0.0529. The zero-order valence-corrected chi connectivity index (χ0v) is 13.4. The van der Waals surface area contributed by atoms with Crippen molar-refractivity contribution in [2.45, 2.75) is 32.8 Å². The summed E-state index contributed by atoms with van der Waals surface area (Å²) in [7, 11) is 0. The number of halogens is 1. The Morgan fingerprint density at radius 3 is 3.00 bits per heavy atom. The lowest BCUT2D eigenvalue weighted by molar-refractivity contribution is -0.130. The third-order valence-electron chi connectivity index (χ3n) is 3.76. The minimum atomic E-state index is -0.321. The molecule has 116 valence electrons. The molecule has 0 spiro atoms. The van der Waals surface area contributed by atoms with Crippen molar-refractivity contribution >= 4 is 23.2 Å². The number of hydrogen-bond donors (Lipinski definition) is 2. The number of carbonyl (C=O) groups is 1. The largest absolute Gasteiger partial charge is 0.393 e. The standard InChI is InChI=1S/C16H23ClN2O2/c1-16(2)9-14(20)6-7-19(11-16)15(21)10-18-13-5-3-4-12(17)8-13/h3-5,8,14,18,20H,6-7,9-11H2,1-2H3. The first-order valence-electron chi connectivity index (χ1n) is 7.31. The summed E-state index contributed by atoms with van der Waals surface area (Å²) >= 11 is 5.92. The molecule has 1 aliphatic heterocycles. The molecule has 1 fully saturated rings. The molecule has 2 rings (SSSR count). The van der Waals surface area contributed by atoms with Gasteiger partial charge in [0.05, 0.1) is 12.6 Å². The van der Waals surface area contributed by atoms with Crippen LogP contribution >= 0.6 is 11.6 Å². The summed E-state index contributed by atoms with van der Waals surface area (Å²) < 4.78 is 0. The van der Waals surface area contributed by atoms with E-state index >= 15 is 0 Å². The Hall–Kier alpha value is -1.26. The summed E-state index contributed by atoms with van der Waals surface area (Å²) in [5.41, 5.74) is 0.784. The van der Waals surface area contributed by atoms with Crippen LogP contribution in [0.15, 0.2) is 24.3 Å². The minimum Gasteiger partial charge on any atom is -0.393 e. The quantitative estimate of drug-likeness (QED) is 0.902. The number of likely N-dealkylation sites (tertiary alicyclic amines) is 1. The predicted octanol–water partition coefficient (Wildman–Crippen LogP) is 2.76. The number of aliphatic hydroxyl groups excluding tert-OH is 1. The van der Waals surface area contributed by atoms with Crippen LogP contribution in [0.25, 0.3) is 0 Å². The molecule has 0 aromatic heterocycles. The molecule has 2 N–H and O–H groups in total. The second-order valence-electron chi connectivity index (χ2n) is 6.49. The van der Waals surface area contributed by atoms with Crippen molar-refractivity contribution in [1.29, 1.82) is 0 Å². The molecule has 1 unspecified atom stereocenters. The van der Waals surface area contributed by atoms with Crippen LogP contribution in [0.2, 0.25) is 5.02 Å². The van der Waals surface area contributed by atoms with Gasteiger partial charge >= 0.3 is 0 Å². The fourth-order valence-corrected chi connectivity index (χ4v) is 3.00. The van der Waals surface area contributed by atoms with E-state index in [-0.39, 0.29) is 24.0 Å². The monoisotopic (exact) mass is 310 g/mol. The van der Waals surface area contributed by atoms with Crippen molar-refractivity contribution in [2.24, 2.45) is 5.41 Å². The van der Waals surface area contributed by atoms with E-state index in [2.05, 4.69) is 19.2 Å². The Labute approximate surface area is 131 Å². The number of nitrogens with one attached hydrogen (secondary N) is 1. The number of amides is 1. The SMILES string of the molecule is CC1(C)CC(O)CCN(C(=O)CNc2cccc(Cl)c2)C1. The highest BCUT2D eigenvalue weighted by atomic mass is 35.5. The molecular weight excluding hydrogens is 288 g/mol. The highest BCUT2D eigenvalue weighted by Crippen LogP contribution is 2.28. The van der Waals surface area contributed by atoms with E-state index in [4.69, 9.17) is 11.6 Å². The van der Waals surface area contributed by atoms with Gasteiger partial charge in [-0.2, -0.15) is 0 Å². The molecule has 1 saturated heterocycles. The summed E-state index contributed by atoms with van der Waals surface area (Å²) in [5, 5.41) is 13.6. The fourth-order valence-electron chi connectivity index (χ4n) is 2.81. The third-order valence-corrected chi connectivity index (χ3v) is 4.00. The maximum absolute atomic E-state index is 12.4. The van der Waals surface area contributed by atoms with Crippen LogP contribution in [0.5, 0.6) is 0 Å². The van der Waals surface area contributed by atoms with Gasteiger partial charge in [-0.15, -0.1) is 0 Å². The Morgan fingerprint density at radius 2 is 2.29 bits per heavy atom. The first kappa shape index (κ1) is 16.1. The summed E-state index contributed by atoms with van der Waals surface area (Å²) in [4.78, 5) is 14.2. The molecule has 5 heteroatoms. The number of aliphatic hydroxyl groups is 1. The van der Waals surface area contributed by atoms with E-state index in [0.29, 0.717) is 24.5 Å². The van der Waals surface area contributed by atoms with Crippen LogP contribution < -0.4 is 5.32 Å². The van der Waals surface area contributed by atoms with E-state index < -0.39 is 0 Å². The third kappa shape index (κ3) is 4.90. The van der Waals surface area contributed by atoms with Crippen molar-refractivity contribution in [2.75, 3.05) is 25.0 Å². The number of carbonyl (C=O) groups excluding carboxylic acids is 1. The normalized spacial score (nSPS) is 21.7. The van der Waals surface area contributed by atoms with Crippen LogP contribution in [-0.2, 0) is 4.79 Å². The Morgan fingerprint density at radius 1 is 1.52 bits per heavy atom. The van der Waals surface area contributed by atoms with E-state index in [1.54, 1.807) is 12.1 Å². The molecule has 1 aromatic rings. The lowest BCUT2D eigenvalue weighted by Gasteiger charge is -2.29.